The monoisotopic (exact) mass is 350 g/mol. The van der Waals surface area contributed by atoms with E-state index in [9.17, 15) is 10.2 Å². The molecule has 3 rings (SSSR count). The Hall–Kier alpha value is -2.82. The Morgan fingerprint density at radius 1 is 0.577 bits per heavy atom. The molecule has 0 fully saturated rings. The van der Waals surface area contributed by atoms with Crippen LogP contribution in [0.25, 0.3) is 0 Å². The van der Waals surface area contributed by atoms with Gasteiger partial charge >= 0.3 is 0 Å². The molecule has 0 spiro atoms. The predicted molar refractivity (Wildman–Crippen MR) is 101 cm³/mol. The molecule has 0 heterocycles. The molecular formula is C22H22O4. The average Bonchev–Trinajstić information content (AvgIpc) is 2.73. The van der Waals surface area contributed by atoms with Gasteiger partial charge in [0.25, 0.3) is 0 Å². The fourth-order valence-electron chi connectivity index (χ4n) is 2.94. The van der Waals surface area contributed by atoms with Crippen molar-refractivity contribution in [3.8, 4) is 11.5 Å². The van der Waals surface area contributed by atoms with Crippen LogP contribution in [0.15, 0.2) is 72.8 Å². The van der Waals surface area contributed by atoms with Gasteiger partial charge in [-0.2, -0.15) is 0 Å². The number of aliphatic hydroxyl groups is 2. The molecule has 0 saturated heterocycles. The molecule has 0 bridgehead atoms. The zero-order chi connectivity index (χ0) is 18.5. The number of methoxy groups -OCH3 is 2. The second kappa shape index (κ2) is 8.04. The second-order valence-corrected chi connectivity index (χ2v) is 5.98. The van der Waals surface area contributed by atoms with Gasteiger partial charge < -0.3 is 19.7 Å². The molecule has 0 amide bonds. The molecule has 0 aliphatic carbocycles. The quantitative estimate of drug-likeness (QED) is 0.709. The van der Waals surface area contributed by atoms with Crippen LogP contribution in [0.4, 0.5) is 0 Å². The van der Waals surface area contributed by atoms with Crippen molar-refractivity contribution in [1.82, 2.24) is 0 Å². The number of benzene rings is 3. The summed E-state index contributed by atoms with van der Waals surface area (Å²) in [5, 5.41) is 21.7. The van der Waals surface area contributed by atoms with Crippen molar-refractivity contribution < 1.29 is 19.7 Å². The number of aliphatic hydroxyl groups excluding tert-OH is 2. The molecule has 2 N–H and O–H groups in total. The normalized spacial score (nSPS) is 13.1. The van der Waals surface area contributed by atoms with Gasteiger partial charge in [0.05, 0.1) is 14.2 Å². The van der Waals surface area contributed by atoms with Crippen LogP contribution < -0.4 is 9.47 Å². The zero-order valence-electron chi connectivity index (χ0n) is 14.8. The van der Waals surface area contributed by atoms with Crippen molar-refractivity contribution in [1.29, 1.82) is 0 Å². The molecule has 0 aliphatic rings. The van der Waals surface area contributed by atoms with E-state index in [1.807, 2.05) is 48.5 Å². The van der Waals surface area contributed by atoms with E-state index in [0.717, 1.165) is 22.6 Å². The van der Waals surface area contributed by atoms with Gasteiger partial charge in [-0.3, -0.25) is 0 Å². The summed E-state index contributed by atoms with van der Waals surface area (Å²) in [5.74, 6) is 1.46. The summed E-state index contributed by atoms with van der Waals surface area (Å²) in [4.78, 5) is 0. The molecule has 26 heavy (non-hydrogen) atoms. The molecule has 3 aromatic rings. The minimum Gasteiger partial charge on any atom is -0.497 e. The highest BCUT2D eigenvalue weighted by Gasteiger charge is 2.20. The standard InChI is InChI=1S/C22H22O4/c1-25-17-11-7-15(8-12-17)21(23)19-5-3-4-6-20(19)22(24)16-9-13-18(26-2)14-10-16/h3-14,21-24H,1-2H3/t21-,22+. The highest BCUT2D eigenvalue weighted by molar-refractivity contribution is 5.42. The highest BCUT2D eigenvalue weighted by atomic mass is 16.5. The van der Waals surface area contributed by atoms with E-state index < -0.39 is 12.2 Å². The van der Waals surface area contributed by atoms with Crippen LogP contribution >= 0.6 is 0 Å². The molecule has 4 nitrogen and oxygen atoms in total. The third kappa shape index (κ3) is 3.72. The van der Waals surface area contributed by atoms with Crippen LogP contribution in [-0.4, -0.2) is 24.4 Å². The molecule has 0 radical (unpaired) electrons. The Labute approximate surface area is 153 Å². The molecule has 3 aromatic carbocycles. The Morgan fingerprint density at radius 2 is 0.923 bits per heavy atom. The maximum atomic E-state index is 10.8. The molecule has 0 aliphatic heterocycles. The van der Waals surface area contributed by atoms with Gasteiger partial charge in [0.1, 0.15) is 23.7 Å². The number of hydrogen-bond acceptors (Lipinski definition) is 4. The Morgan fingerprint density at radius 3 is 1.23 bits per heavy atom. The summed E-state index contributed by atoms with van der Waals surface area (Å²) < 4.78 is 10.3. The molecule has 0 unspecified atom stereocenters. The Kier molecular flexibility index (Phi) is 5.56. The lowest BCUT2D eigenvalue weighted by Crippen LogP contribution is -2.08. The van der Waals surface area contributed by atoms with Crippen LogP contribution in [0.1, 0.15) is 34.5 Å². The number of rotatable bonds is 6. The van der Waals surface area contributed by atoms with Crippen molar-refractivity contribution in [3.63, 3.8) is 0 Å². The van der Waals surface area contributed by atoms with Gasteiger partial charge in [-0.05, 0) is 46.5 Å². The van der Waals surface area contributed by atoms with E-state index in [1.54, 1.807) is 38.5 Å². The van der Waals surface area contributed by atoms with E-state index in [4.69, 9.17) is 9.47 Å². The van der Waals surface area contributed by atoms with Crippen molar-refractivity contribution in [3.05, 3.63) is 95.1 Å². The molecule has 134 valence electrons. The number of ether oxygens (including phenoxy) is 2. The zero-order valence-corrected chi connectivity index (χ0v) is 14.8. The smallest absolute Gasteiger partial charge is 0.118 e. The number of hydrogen-bond donors (Lipinski definition) is 2. The minimum atomic E-state index is -0.843. The van der Waals surface area contributed by atoms with Crippen molar-refractivity contribution in [2.75, 3.05) is 14.2 Å². The Bertz CT molecular complexity index is 768. The summed E-state index contributed by atoms with van der Waals surface area (Å²) in [5.41, 5.74) is 2.81. The van der Waals surface area contributed by atoms with Gasteiger partial charge in [-0.1, -0.05) is 48.5 Å². The first kappa shape index (κ1) is 18.0. The van der Waals surface area contributed by atoms with Crippen LogP contribution in [0.2, 0.25) is 0 Å². The van der Waals surface area contributed by atoms with Gasteiger partial charge in [-0.15, -0.1) is 0 Å². The van der Waals surface area contributed by atoms with E-state index in [2.05, 4.69) is 0 Å². The largest absolute Gasteiger partial charge is 0.497 e. The topological polar surface area (TPSA) is 58.9 Å². The van der Waals surface area contributed by atoms with Crippen LogP contribution in [0, 0.1) is 0 Å². The third-order valence-electron chi connectivity index (χ3n) is 4.45. The maximum absolute atomic E-state index is 10.8. The first-order chi connectivity index (χ1) is 12.6. The summed E-state index contributed by atoms with van der Waals surface area (Å²) >= 11 is 0. The minimum absolute atomic E-state index is 0.668. The van der Waals surface area contributed by atoms with Crippen LogP contribution in [-0.2, 0) is 0 Å². The van der Waals surface area contributed by atoms with E-state index in [1.165, 1.54) is 0 Å². The highest BCUT2D eigenvalue weighted by Crippen LogP contribution is 2.32. The van der Waals surface area contributed by atoms with Gasteiger partial charge in [0.2, 0.25) is 0 Å². The third-order valence-corrected chi connectivity index (χ3v) is 4.45. The van der Waals surface area contributed by atoms with Crippen molar-refractivity contribution in [2.45, 2.75) is 12.2 Å². The SMILES string of the molecule is COc1ccc([C@@H](O)c2ccccc2[C@@H](O)c2ccc(OC)cc2)cc1. The van der Waals surface area contributed by atoms with Gasteiger partial charge in [-0.25, -0.2) is 0 Å². The lowest BCUT2D eigenvalue weighted by molar-refractivity contribution is 0.197. The summed E-state index contributed by atoms with van der Waals surface area (Å²) in [6, 6.07) is 21.9. The van der Waals surface area contributed by atoms with Crippen molar-refractivity contribution >= 4 is 0 Å². The van der Waals surface area contributed by atoms with Gasteiger partial charge in [0, 0.05) is 0 Å². The average molecular weight is 350 g/mol. The Balaban J connectivity index is 1.93. The van der Waals surface area contributed by atoms with E-state index in [-0.39, 0.29) is 0 Å². The molecule has 0 aromatic heterocycles. The van der Waals surface area contributed by atoms with E-state index in [0.29, 0.717) is 11.1 Å². The summed E-state index contributed by atoms with van der Waals surface area (Å²) in [6.07, 6.45) is -1.69. The molecular weight excluding hydrogens is 328 g/mol. The molecule has 2 atom stereocenters. The van der Waals surface area contributed by atoms with Crippen molar-refractivity contribution in [2.24, 2.45) is 0 Å². The van der Waals surface area contributed by atoms with Crippen LogP contribution in [0.3, 0.4) is 0 Å². The second-order valence-electron chi connectivity index (χ2n) is 5.98. The lowest BCUT2D eigenvalue weighted by atomic mass is 9.91. The fourth-order valence-corrected chi connectivity index (χ4v) is 2.94. The fraction of sp³-hybridized carbons (Fsp3) is 0.182. The summed E-state index contributed by atoms with van der Waals surface area (Å²) in [6.45, 7) is 0. The van der Waals surface area contributed by atoms with Gasteiger partial charge in [0.15, 0.2) is 0 Å². The first-order valence-corrected chi connectivity index (χ1v) is 8.37. The first-order valence-electron chi connectivity index (χ1n) is 8.37. The molecule has 4 heteroatoms. The van der Waals surface area contributed by atoms with E-state index >= 15 is 0 Å². The van der Waals surface area contributed by atoms with Crippen LogP contribution in [0.5, 0.6) is 11.5 Å². The predicted octanol–water partition coefficient (Wildman–Crippen LogP) is 3.87. The maximum Gasteiger partial charge on any atom is 0.118 e. The summed E-state index contributed by atoms with van der Waals surface area (Å²) in [7, 11) is 3.21. The molecule has 0 saturated carbocycles. The lowest BCUT2D eigenvalue weighted by Gasteiger charge is -2.20.